The average Bonchev–Trinajstić information content (AvgIpc) is 2.79. The predicted octanol–water partition coefficient (Wildman–Crippen LogP) is 2.79. The summed E-state index contributed by atoms with van der Waals surface area (Å²) in [6.45, 7) is 9.49. The summed E-state index contributed by atoms with van der Waals surface area (Å²) in [6, 6.07) is -0.420. The van der Waals surface area contributed by atoms with Crippen molar-refractivity contribution in [2.75, 3.05) is 13.1 Å². The molecule has 4 nitrogen and oxygen atoms in total. The third-order valence-corrected chi connectivity index (χ3v) is 4.61. The van der Waals surface area contributed by atoms with Gasteiger partial charge in [0.25, 0.3) is 0 Å². The summed E-state index contributed by atoms with van der Waals surface area (Å²) in [5.74, 6) is 5.58. The van der Waals surface area contributed by atoms with E-state index in [0.29, 0.717) is 16.2 Å². The Morgan fingerprint density at radius 1 is 1.35 bits per heavy atom. The van der Waals surface area contributed by atoms with Crippen LogP contribution >= 0.6 is 11.3 Å². The minimum atomic E-state index is -4.42. The lowest BCUT2D eigenvalue weighted by Gasteiger charge is -2.42. The van der Waals surface area contributed by atoms with Gasteiger partial charge in [-0.3, -0.25) is 16.2 Å². The summed E-state index contributed by atoms with van der Waals surface area (Å²) in [5, 5.41) is -0.844. The predicted molar refractivity (Wildman–Crippen MR) is 74.2 cm³/mol. The van der Waals surface area contributed by atoms with E-state index in [2.05, 4.69) is 15.3 Å². The van der Waals surface area contributed by atoms with Crippen molar-refractivity contribution in [1.29, 1.82) is 0 Å². The van der Waals surface area contributed by atoms with Gasteiger partial charge in [0.05, 0.1) is 6.04 Å². The van der Waals surface area contributed by atoms with Crippen LogP contribution in [0.15, 0.2) is 6.20 Å². The van der Waals surface area contributed by atoms with E-state index in [9.17, 15) is 13.2 Å². The first-order valence-corrected chi connectivity index (χ1v) is 7.24. The number of likely N-dealkylation sites (N-methyl/N-ethyl adjacent to an activating group) is 1. The fraction of sp³-hybridized carbons (Fsp3) is 0.750. The van der Waals surface area contributed by atoms with Crippen molar-refractivity contribution >= 4 is 11.3 Å². The second-order valence-corrected chi connectivity index (χ2v) is 6.05. The van der Waals surface area contributed by atoms with E-state index in [1.54, 1.807) is 0 Å². The fourth-order valence-electron chi connectivity index (χ4n) is 2.41. The zero-order valence-corrected chi connectivity index (χ0v) is 12.9. The molecule has 0 amide bonds. The maximum atomic E-state index is 12.6. The van der Waals surface area contributed by atoms with Crippen LogP contribution in [-0.2, 0) is 6.18 Å². The molecule has 0 fully saturated rings. The Morgan fingerprint density at radius 2 is 1.90 bits per heavy atom. The van der Waals surface area contributed by atoms with Crippen LogP contribution in [0.25, 0.3) is 0 Å². The first kappa shape index (κ1) is 17.4. The summed E-state index contributed by atoms with van der Waals surface area (Å²) in [7, 11) is 0. The van der Waals surface area contributed by atoms with Crippen molar-refractivity contribution in [2.45, 2.75) is 45.5 Å². The second-order valence-electron chi connectivity index (χ2n) is 4.99. The molecule has 0 aliphatic carbocycles. The number of thiazole rings is 1. The van der Waals surface area contributed by atoms with Crippen LogP contribution in [-0.4, -0.2) is 28.5 Å². The second kappa shape index (κ2) is 6.38. The standard InChI is InChI=1S/C12H21F3N4S/c1-5-19(6-2)11(3,4)9(18-16)8-7-17-10(20-8)12(13,14)15/h7,9,18H,5-6,16H2,1-4H3. The smallest absolute Gasteiger partial charge is 0.297 e. The Hall–Kier alpha value is -0.700. The third kappa shape index (κ3) is 3.49. The van der Waals surface area contributed by atoms with Crippen LogP contribution in [0.2, 0.25) is 0 Å². The number of rotatable bonds is 6. The van der Waals surface area contributed by atoms with Crippen LogP contribution in [0.4, 0.5) is 13.2 Å². The van der Waals surface area contributed by atoms with Gasteiger partial charge in [0.2, 0.25) is 0 Å². The van der Waals surface area contributed by atoms with Gasteiger partial charge in [-0.25, -0.2) is 4.98 Å². The summed E-state index contributed by atoms with van der Waals surface area (Å²) in [4.78, 5) is 6.09. The molecular formula is C12H21F3N4S. The quantitative estimate of drug-likeness (QED) is 0.627. The van der Waals surface area contributed by atoms with Gasteiger partial charge in [-0.2, -0.15) is 13.2 Å². The van der Waals surface area contributed by atoms with E-state index in [4.69, 9.17) is 5.84 Å². The number of nitrogens with one attached hydrogen (secondary N) is 1. The lowest BCUT2D eigenvalue weighted by molar-refractivity contribution is -0.137. The normalized spacial score (nSPS) is 14.8. The molecular weight excluding hydrogens is 289 g/mol. The van der Waals surface area contributed by atoms with E-state index < -0.39 is 22.8 Å². The minimum Gasteiger partial charge on any atom is -0.297 e. The van der Waals surface area contributed by atoms with Gasteiger partial charge in [0, 0.05) is 16.6 Å². The summed E-state index contributed by atoms with van der Waals surface area (Å²) >= 11 is 0.632. The van der Waals surface area contributed by atoms with Crippen molar-refractivity contribution in [3.05, 3.63) is 16.1 Å². The number of halogens is 3. The Labute approximate surface area is 121 Å². The molecule has 0 aromatic carbocycles. The summed E-state index contributed by atoms with van der Waals surface area (Å²) < 4.78 is 37.9. The Bertz CT molecular complexity index is 427. The topological polar surface area (TPSA) is 54.2 Å². The lowest BCUT2D eigenvalue weighted by atomic mass is 9.91. The molecule has 1 aromatic rings. The van der Waals surface area contributed by atoms with Gasteiger partial charge in [-0.15, -0.1) is 11.3 Å². The Kier molecular flexibility index (Phi) is 5.54. The zero-order valence-electron chi connectivity index (χ0n) is 12.1. The maximum absolute atomic E-state index is 12.6. The molecule has 0 bridgehead atoms. The molecule has 1 unspecified atom stereocenters. The lowest BCUT2D eigenvalue weighted by Crippen LogP contribution is -2.53. The summed E-state index contributed by atoms with van der Waals surface area (Å²) in [5.41, 5.74) is 2.21. The van der Waals surface area contributed by atoms with Gasteiger partial charge in [-0.05, 0) is 26.9 Å². The monoisotopic (exact) mass is 310 g/mol. The summed E-state index contributed by atoms with van der Waals surface area (Å²) in [6.07, 6.45) is -3.16. The van der Waals surface area contributed by atoms with E-state index in [-0.39, 0.29) is 0 Å². The van der Waals surface area contributed by atoms with Crippen LogP contribution in [0.1, 0.15) is 43.6 Å². The number of hydrazine groups is 1. The molecule has 0 aliphatic rings. The first-order valence-electron chi connectivity index (χ1n) is 6.42. The number of hydrogen-bond acceptors (Lipinski definition) is 5. The molecule has 1 rings (SSSR count). The molecule has 8 heteroatoms. The van der Waals surface area contributed by atoms with Crippen LogP contribution < -0.4 is 11.3 Å². The van der Waals surface area contributed by atoms with E-state index >= 15 is 0 Å². The van der Waals surface area contributed by atoms with E-state index in [0.717, 1.165) is 13.1 Å². The van der Waals surface area contributed by atoms with Crippen LogP contribution in [0, 0.1) is 0 Å². The van der Waals surface area contributed by atoms with Crippen molar-refractivity contribution in [3.63, 3.8) is 0 Å². The number of alkyl halides is 3. The molecule has 116 valence electrons. The van der Waals surface area contributed by atoms with E-state index in [1.165, 1.54) is 6.20 Å². The molecule has 0 saturated heterocycles. The van der Waals surface area contributed by atoms with Crippen molar-refractivity contribution in [2.24, 2.45) is 5.84 Å². The maximum Gasteiger partial charge on any atom is 0.443 e. The van der Waals surface area contributed by atoms with Gasteiger partial charge < -0.3 is 0 Å². The number of nitrogens with two attached hydrogens (primary N) is 1. The van der Waals surface area contributed by atoms with Crippen LogP contribution in [0.5, 0.6) is 0 Å². The van der Waals surface area contributed by atoms with Crippen molar-refractivity contribution in [3.8, 4) is 0 Å². The van der Waals surface area contributed by atoms with Gasteiger partial charge >= 0.3 is 6.18 Å². The first-order chi connectivity index (χ1) is 9.18. The van der Waals surface area contributed by atoms with E-state index in [1.807, 2.05) is 27.7 Å². The highest BCUT2D eigenvalue weighted by molar-refractivity contribution is 7.11. The van der Waals surface area contributed by atoms with Crippen molar-refractivity contribution < 1.29 is 13.2 Å². The Morgan fingerprint density at radius 3 is 2.25 bits per heavy atom. The molecule has 1 atom stereocenters. The molecule has 1 aromatic heterocycles. The average molecular weight is 310 g/mol. The molecule has 0 saturated carbocycles. The minimum absolute atomic E-state index is 0.420. The molecule has 3 N–H and O–H groups in total. The fourth-order valence-corrected chi connectivity index (χ4v) is 3.43. The largest absolute Gasteiger partial charge is 0.443 e. The molecule has 0 spiro atoms. The molecule has 1 heterocycles. The molecule has 0 aliphatic heterocycles. The SMILES string of the molecule is CCN(CC)C(C)(C)C(NN)c1cnc(C(F)(F)F)s1. The molecule has 20 heavy (non-hydrogen) atoms. The van der Waals surface area contributed by atoms with Gasteiger partial charge in [0.1, 0.15) is 0 Å². The van der Waals surface area contributed by atoms with Crippen LogP contribution in [0.3, 0.4) is 0 Å². The number of hydrogen-bond donors (Lipinski definition) is 2. The molecule has 0 radical (unpaired) electrons. The highest BCUT2D eigenvalue weighted by Gasteiger charge is 2.39. The zero-order chi connectivity index (χ0) is 15.6. The third-order valence-electron chi connectivity index (χ3n) is 3.50. The van der Waals surface area contributed by atoms with Gasteiger partial charge in [0.15, 0.2) is 5.01 Å². The van der Waals surface area contributed by atoms with Crippen molar-refractivity contribution in [1.82, 2.24) is 15.3 Å². The number of nitrogens with zero attached hydrogens (tertiary/aromatic N) is 2. The Balaban J connectivity index is 3.10. The van der Waals surface area contributed by atoms with Gasteiger partial charge in [-0.1, -0.05) is 13.8 Å². The highest BCUT2D eigenvalue weighted by Crippen LogP contribution is 2.38. The highest BCUT2D eigenvalue weighted by atomic mass is 32.1. The number of aromatic nitrogens is 1.